The van der Waals surface area contributed by atoms with E-state index in [2.05, 4.69) is 15.6 Å². The van der Waals surface area contributed by atoms with Crippen LogP contribution in [0.3, 0.4) is 0 Å². The van der Waals surface area contributed by atoms with Gasteiger partial charge in [-0.1, -0.05) is 6.07 Å². The van der Waals surface area contributed by atoms with E-state index in [-0.39, 0.29) is 5.69 Å². The van der Waals surface area contributed by atoms with Crippen LogP contribution in [0.5, 0.6) is 0 Å². The molecule has 0 unspecified atom stereocenters. The Morgan fingerprint density at radius 1 is 1.25 bits per heavy atom. The van der Waals surface area contributed by atoms with Crippen molar-refractivity contribution >= 4 is 28.7 Å². The van der Waals surface area contributed by atoms with E-state index in [1.807, 2.05) is 18.2 Å². The Morgan fingerprint density at radius 3 is 2.60 bits per heavy atom. The number of nitrogens with zero attached hydrogens (tertiary/aromatic N) is 2. The summed E-state index contributed by atoms with van der Waals surface area (Å²) in [5.41, 5.74) is 1.61. The van der Waals surface area contributed by atoms with Gasteiger partial charge in [-0.15, -0.1) is 0 Å². The van der Waals surface area contributed by atoms with Gasteiger partial charge in [-0.2, -0.15) is 0 Å². The zero-order valence-electron chi connectivity index (χ0n) is 10.4. The first kappa shape index (κ1) is 13.9. The van der Waals surface area contributed by atoms with Crippen LogP contribution in [0.15, 0.2) is 48.7 Å². The van der Waals surface area contributed by atoms with Crippen molar-refractivity contribution in [2.24, 2.45) is 0 Å². The smallest absolute Gasteiger partial charge is 0.269 e. The lowest BCUT2D eigenvalue weighted by Gasteiger charge is -2.09. The monoisotopic (exact) mass is 288 g/mol. The molecule has 6 nitrogen and oxygen atoms in total. The van der Waals surface area contributed by atoms with E-state index in [1.165, 1.54) is 12.1 Å². The average Bonchev–Trinajstić information content (AvgIpc) is 2.47. The molecule has 0 aliphatic heterocycles. The fourth-order valence-electron chi connectivity index (χ4n) is 1.52. The molecular formula is C13H12N4O2S. The number of nitrogens with one attached hydrogen (secondary N) is 2. The number of aromatic nitrogens is 1. The molecule has 0 spiro atoms. The third kappa shape index (κ3) is 3.99. The lowest BCUT2D eigenvalue weighted by molar-refractivity contribution is -0.384. The minimum absolute atomic E-state index is 0.0444. The molecule has 1 heterocycles. The molecule has 2 aromatic rings. The second kappa shape index (κ2) is 6.58. The van der Waals surface area contributed by atoms with Crippen LogP contribution in [-0.2, 0) is 6.54 Å². The number of nitro benzene ring substituents is 1. The fourth-order valence-corrected chi connectivity index (χ4v) is 1.71. The first-order valence-electron chi connectivity index (χ1n) is 5.84. The standard InChI is InChI=1S/C13H12N4O2S/c18-17(19)12-6-4-10(5-7-12)16-13(20)15-9-11-3-1-2-8-14-11/h1-8H,9H2,(H2,15,16,20). The molecular weight excluding hydrogens is 276 g/mol. The highest BCUT2D eigenvalue weighted by Gasteiger charge is 2.04. The molecule has 0 aliphatic rings. The van der Waals surface area contributed by atoms with E-state index < -0.39 is 4.92 Å². The highest BCUT2D eigenvalue weighted by molar-refractivity contribution is 7.80. The molecule has 0 bridgehead atoms. The summed E-state index contributed by atoms with van der Waals surface area (Å²) in [4.78, 5) is 14.3. The van der Waals surface area contributed by atoms with Crippen LogP contribution in [-0.4, -0.2) is 15.0 Å². The van der Waals surface area contributed by atoms with E-state index in [4.69, 9.17) is 12.2 Å². The van der Waals surface area contributed by atoms with Crippen LogP contribution < -0.4 is 10.6 Å². The molecule has 0 saturated heterocycles. The minimum Gasteiger partial charge on any atom is -0.357 e. The van der Waals surface area contributed by atoms with Crippen molar-refractivity contribution in [3.63, 3.8) is 0 Å². The van der Waals surface area contributed by atoms with E-state index in [0.29, 0.717) is 17.3 Å². The average molecular weight is 288 g/mol. The summed E-state index contributed by atoms with van der Waals surface area (Å²) in [6.07, 6.45) is 1.71. The molecule has 1 aromatic heterocycles. The molecule has 2 N–H and O–H groups in total. The molecule has 0 aliphatic carbocycles. The predicted octanol–water partition coefficient (Wildman–Crippen LogP) is 2.48. The summed E-state index contributed by atoms with van der Waals surface area (Å²) in [5, 5.41) is 16.9. The summed E-state index contributed by atoms with van der Waals surface area (Å²) < 4.78 is 0. The molecule has 7 heteroatoms. The van der Waals surface area contributed by atoms with E-state index in [9.17, 15) is 10.1 Å². The van der Waals surface area contributed by atoms with Crippen LogP contribution in [0.1, 0.15) is 5.69 Å². The van der Waals surface area contributed by atoms with E-state index >= 15 is 0 Å². The van der Waals surface area contributed by atoms with Gasteiger partial charge < -0.3 is 10.6 Å². The van der Waals surface area contributed by atoms with Crippen LogP contribution in [0, 0.1) is 10.1 Å². The second-order valence-corrected chi connectivity index (χ2v) is 4.34. The quantitative estimate of drug-likeness (QED) is 0.511. The molecule has 0 fully saturated rings. The van der Waals surface area contributed by atoms with Crippen molar-refractivity contribution in [1.29, 1.82) is 0 Å². The van der Waals surface area contributed by atoms with Gasteiger partial charge in [-0.25, -0.2) is 0 Å². The van der Waals surface area contributed by atoms with Crippen molar-refractivity contribution in [2.75, 3.05) is 5.32 Å². The van der Waals surface area contributed by atoms with Gasteiger partial charge in [0.05, 0.1) is 17.2 Å². The highest BCUT2D eigenvalue weighted by atomic mass is 32.1. The number of hydrogen-bond acceptors (Lipinski definition) is 4. The number of pyridine rings is 1. The molecule has 102 valence electrons. The van der Waals surface area contributed by atoms with Crippen molar-refractivity contribution in [3.05, 3.63) is 64.5 Å². The molecule has 0 amide bonds. The minimum atomic E-state index is -0.443. The van der Waals surface area contributed by atoms with E-state index in [1.54, 1.807) is 18.3 Å². The number of non-ortho nitro benzene ring substituents is 1. The lowest BCUT2D eigenvalue weighted by Crippen LogP contribution is -2.28. The number of nitro groups is 1. The normalized spacial score (nSPS) is 9.80. The van der Waals surface area contributed by atoms with Crippen LogP contribution in [0.4, 0.5) is 11.4 Å². The van der Waals surface area contributed by atoms with Gasteiger partial charge in [-0.3, -0.25) is 15.1 Å². The molecule has 0 radical (unpaired) electrons. The van der Waals surface area contributed by atoms with Gasteiger partial charge in [-0.05, 0) is 36.5 Å². The third-order valence-corrected chi connectivity index (χ3v) is 2.74. The largest absolute Gasteiger partial charge is 0.357 e. The van der Waals surface area contributed by atoms with Crippen molar-refractivity contribution in [3.8, 4) is 0 Å². The molecule has 1 aromatic carbocycles. The Balaban J connectivity index is 1.86. The summed E-state index contributed by atoms with van der Waals surface area (Å²) in [6.45, 7) is 0.514. The van der Waals surface area contributed by atoms with E-state index in [0.717, 1.165) is 5.69 Å². The van der Waals surface area contributed by atoms with Gasteiger partial charge in [0.2, 0.25) is 0 Å². The van der Waals surface area contributed by atoms with Gasteiger partial charge >= 0.3 is 0 Å². The van der Waals surface area contributed by atoms with Gasteiger partial charge in [0.25, 0.3) is 5.69 Å². The maximum Gasteiger partial charge on any atom is 0.269 e. The van der Waals surface area contributed by atoms with Gasteiger partial charge in [0.1, 0.15) is 0 Å². The second-order valence-electron chi connectivity index (χ2n) is 3.93. The van der Waals surface area contributed by atoms with Crippen LogP contribution in [0.25, 0.3) is 0 Å². The molecule has 0 atom stereocenters. The Labute approximate surface area is 121 Å². The van der Waals surface area contributed by atoms with Crippen molar-refractivity contribution in [2.45, 2.75) is 6.54 Å². The Morgan fingerprint density at radius 2 is 2.00 bits per heavy atom. The molecule has 0 saturated carbocycles. The van der Waals surface area contributed by atoms with Crippen molar-refractivity contribution in [1.82, 2.24) is 10.3 Å². The summed E-state index contributed by atoms with van der Waals surface area (Å²) >= 11 is 5.14. The summed E-state index contributed by atoms with van der Waals surface area (Å²) in [5.74, 6) is 0. The SMILES string of the molecule is O=[N+]([O-])c1ccc(NC(=S)NCc2ccccn2)cc1. The fraction of sp³-hybridized carbons (Fsp3) is 0.0769. The number of anilines is 1. The maximum absolute atomic E-state index is 10.5. The van der Waals surface area contributed by atoms with Crippen molar-refractivity contribution < 1.29 is 4.92 Å². The highest BCUT2D eigenvalue weighted by Crippen LogP contribution is 2.15. The first-order chi connectivity index (χ1) is 9.65. The molecule has 20 heavy (non-hydrogen) atoms. The maximum atomic E-state index is 10.5. The Kier molecular flexibility index (Phi) is 4.56. The number of thiocarbonyl (C=S) groups is 1. The predicted molar refractivity (Wildman–Crippen MR) is 80.4 cm³/mol. The zero-order valence-corrected chi connectivity index (χ0v) is 11.3. The lowest BCUT2D eigenvalue weighted by atomic mass is 10.3. The number of benzene rings is 1. The number of rotatable bonds is 4. The Hall–Kier alpha value is -2.54. The topological polar surface area (TPSA) is 80.1 Å². The zero-order chi connectivity index (χ0) is 14.4. The summed E-state index contributed by atoms with van der Waals surface area (Å²) in [6, 6.07) is 11.7. The third-order valence-electron chi connectivity index (χ3n) is 2.49. The van der Waals surface area contributed by atoms with Crippen LogP contribution >= 0.6 is 12.2 Å². The number of hydrogen-bond donors (Lipinski definition) is 2. The first-order valence-corrected chi connectivity index (χ1v) is 6.25. The Bertz CT molecular complexity index is 602. The molecule has 2 rings (SSSR count). The summed E-state index contributed by atoms with van der Waals surface area (Å²) in [7, 11) is 0. The van der Waals surface area contributed by atoms with Gasteiger partial charge in [0, 0.05) is 24.0 Å². The van der Waals surface area contributed by atoms with Crippen LogP contribution in [0.2, 0.25) is 0 Å². The van der Waals surface area contributed by atoms with Gasteiger partial charge in [0.15, 0.2) is 5.11 Å².